The summed E-state index contributed by atoms with van der Waals surface area (Å²) in [6.45, 7) is 3.77. The molecule has 8 heavy (non-hydrogen) atoms. The second-order valence-corrected chi connectivity index (χ2v) is 2.20. The quantitative estimate of drug-likeness (QED) is 0.301. The molecule has 0 aliphatic rings. The van der Waals surface area contributed by atoms with Crippen molar-refractivity contribution in [2.45, 2.75) is 13.8 Å². The van der Waals surface area contributed by atoms with Crippen molar-refractivity contribution in [3.05, 3.63) is 0 Å². The van der Waals surface area contributed by atoms with Crippen LogP contribution in [0, 0.1) is 0 Å². The van der Waals surface area contributed by atoms with Gasteiger partial charge in [0.25, 0.3) is 0 Å². The van der Waals surface area contributed by atoms with Gasteiger partial charge in [-0.25, -0.2) is 0 Å². The van der Waals surface area contributed by atoms with E-state index in [1.807, 2.05) is 20.1 Å². The predicted molar refractivity (Wildman–Crippen MR) is 40.8 cm³/mol. The van der Waals surface area contributed by atoms with E-state index in [2.05, 4.69) is 10.2 Å². The average molecular weight is 130 g/mol. The minimum absolute atomic E-state index is 0.989. The normalized spacial score (nSPS) is 13.1. The molecule has 0 rings (SSSR count). The summed E-state index contributed by atoms with van der Waals surface area (Å²) in [7, 11) is 0. The average Bonchev–Trinajstić information content (AvgIpc) is 1.83. The van der Waals surface area contributed by atoms with Crippen LogP contribution in [0.15, 0.2) is 10.2 Å². The molecule has 0 unspecified atom stereocenters. The molecule has 0 amide bonds. The van der Waals surface area contributed by atoms with Gasteiger partial charge in [0.15, 0.2) is 0 Å². The molecule has 0 aliphatic carbocycles. The zero-order valence-corrected chi connectivity index (χ0v) is 6.20. The number of hydrogen-bond acceptors (Lipinski definition) is 3. The summed E-state index contributed by atoms with van der Waals surface area (Å²) in [5, 5.41) is 8.48. The summed E-state index contributed by atoms with van der Waals surface area (Å²) >= 11 is 1.60. The molecular weight excluding hydrogens is 120 g/mol. The minimum Gasteiger partial charge on any atom is -0.163 e. The Hall–Kier alpha value is -0.310. The van der Waals surface area contributed by atoms with Gasteiger partial charge in [-0.3, -0.25) is 0 Å². The van der Waals surface area contributed by atoms with Gasteiger partial charge in [0.1, 0.15) is 0 Å². The fourth-order valence-electron chi connectivity index (χ4n) is 0.180. The maximum absolute atomic E-state index is 3.81. The highest BCUT2D eigenvalue weighted by molar-refractivity contribution is 8.13. The van der Waals surface area contributed by atoms with Gasteiger partial charge < -0.3 is 0 Å². The summed E-state index contributed by atoms with van der Waals surface area (Å²) in [6, 6.07) is 0. The van der Waals surface area contributed by atoms with Crippen LogP contribution in [0.3, 0.4) is 0 Å². The Morgan fingerprint density at radius 3 is 2.62 bits per heavy atom. The number of hydrogen-bond donors (Lipinski definition) is 0. The third-order valence-corrected chi connectivity index (χ3v) is 1.28. The topological polar surface area (TPSA) is 24.7 Å². The van der Waals surface area contributed by atoms with Crippen molar-refractivity contribution >= 4 is 23.0 Å². The molecule has 0 aromatic heterocycles. The molecule has 0 saturated heterocycles. The van der Waals surface area contributed by atoms with Crippen LogP contribution in [-0.2, 0) is 0 Å². The monoisotopic (exact) mass is 130 g/mol. The second kappa shape index (κ2) is 4.84. The van der Waals surface area contributed by atoms with Crippen LogP contribution < -0.4 is 0 Å². The van der Waals surface area contributed by atoms with Crippen molar-refractivity contribution in [1.82, 2.24) is 0 Å². The van der Waals surface area contributed by atoms with Crippen LogP contribution in [0.2, 0.25) is 0 Å². The lowest BCUT2D eigenvalue weighted by atomic mass is 10.9. The Bertz CT molecular complexity index is 107. The zero-order chi connectivity index (χ0) is 6.41. The van der Waals surface area contributed by atoms with Gasteiger partial charge in [-0.15, -0.1) is 16.9 Å². The number of nitrogens with zero attached hydrogens (tertiary/aromatic N) is 2. The Labute approximate surface area is 54.1 Å². The van der Waals surface area contributed by atoms with Crippen molar-refractivity contribution < 1.29 is 0 Å². The highest BCUT2D eigenvalue weighted by Crippen LogP contribution is 1.95. The van der Waals surface area contributed by atoms with Crippen LogP contribution in [0.4, 0.5) is 0 Å². The summed E-state index contributed by atoms with van der Waals surface area (Å²) in [6.07, 6.45) is 3.64. The lowest BCUT2D eigenvalue weighted by Crippen LogP contribution is -1.76. The minimum atomic E-state index is 0.989. The van der Waals surface area contributed by atoms with Crippen LogP contribution in [0.1, 0.15) is 13.8 Å². The van der Waals surface area contributed by atoms with Crippen molar-refractivity contribution in [2.75, 3.05) is 6.26 Å². The van der Waals surface area contributed by atoms with Crippen molar-refractivity contribution in [1.29, 1.82) is 0 Å². The first-order chi connectivity index (χ1) is 3.81. The number of rotatable bonds is 1. The maximum atomic E-state index is 3.81. The summed E-state index contributed by atoms with van der Waals surface area (Å²) in [5.74, 6) is 0. The highest BCUT2D eigenvalue weighted by atomic mass is 32.2. The summed E-state index contributed by atoms with van der Waals surface area (Å²) in [4.78, 5) is 0. The van der Waals surface area contributed by atoms with E-state index in [4.69, 9.17) is 0 Å². The van der Waals surface area contributed by atoms with Gasteiger partial charge in [0.05, 0.1) is 5.04 Å². The largest absolute Gasteiger partial charge is 0.163 e. The SMILES string of the molecule is C/C=N/N=C(/C)SC. The van der Waals surface area contributed by atoms with E-state index in [0.29, 0.717) is 0 Å². The lowest BCUT2D eigenvalue weighted by Gasteiger charge is -1.84. The Kier molecular flexibility index (Phi) is 4.65. The van der Waals surface area contributed by atoms with Gasteiger partial charge >= 0.3 is 0 Å². The van der Waals surface area contributed by atoms with Crippen LogP contribution in [0.5, 0.6) is 0 Å². The van der Waals surface area contributed by atoms with Crippen molar-refractivity contribution in [2.24, 2.45) is 10.2 Å². The molecule has 0 aliphatic heterocycles. The lowest BCUT2D eigenvalue weighted by molar-refractivity contribution is 1.25. The summed E-state index contributed by atoms with van der Waals surface area (Å²) < 4.78 is 0. The fraction of sp³-hybridized carbons (Fsp3) is 0.600. The molecule has 0 fully saturated rings. The zero-order valence-electron chi connectivity index (χ0n) is 5.38. The number of thioether (sulfide) groups is 1. The van der Waals surface area contributed by atoms with Crippen molar-refractivity contribution in [3.8, 4) is 0 Å². The molecule has 0 N–H and O–H groups in total. The maximum Gasteiger partial charge on any atom is 0.0924 e. The molecular formula is C5H10N2S. The van der Waals surface area contributed by atoms with Crippen LogP contribution in [-0.4, -0.2) is 17.5 Å². The van der Waals surface area contributed by atoms with Crippen molar-refractivity contribution in [3.63, 3.8) is 0 Å². The van der Waals surface area contributed by atoms with Gasteiger partial charge in [-0.1, -0.05) is 0 Å². The van der Waals surface area contributed by atoms with Gasteiger partial charge in [-0.2, -0.15) is 5.10 Å². The molecule has 0 aromatic rings. The van der Waals surface area contributed by atoms with E-state index < -0.39 is 0 Å². The molecule has 0 bridgehead atoms. The first-order valence-corrected chi connectivity index (χ1v) is 3.60. The fourth-order valence-corrected chi connectivity index (χ4v) is 0.309. The smallest absolute Gasteiger partial charge is 0.0924 e. The standard InChI is InChI=1S/C5H10N2S/c1-4-6-7-5(2)8-3/h4H,1-3H3/b6-4+,7-5-. The molecule has 0 spiro atoms. The molecule has 3 heteroatoms. The predicted octanol–water partition coefficient (Wildman–Crippen LogP) is 1.77. The third-order valence-electron chi connectivity index (χ3n) is 0.609. The molecule has 0 atom stereocenters. The molecule has 0 heterocycles. The molecule has 0 radical (unpaired) electrons. The van der Waals surface area contributed by atoms with E-state index in [-0.39, 0.29) is 0 Å². The van der Waals surface area contributed by atoms with Gasteiger partial charge in [0, 0.05) is 6.21 Å². The van der Waals surface area contributed by atoms with E-state index in [9.17, 15) is 0 Å². The molecule has 2 nitrogen and oxygen atoms in total. The first kappa shape index (κ1) is 7.69. The third kappa shape index (κ3) is 3.87. The highest BCUT2D eigenvalue weighted by Gasteiger charge is 1.79. The second-order valence-electron chi connectivity index (χ2n) is 1.20. The summed E-state index contributed by atoms with van der Waals surface area (Å²) in [5.41, 5.74) is 0. The molecule has 0 aromatic carbocycles. The molecule has 46 valence electrons. The Balaban J connectivity index is 3.57. The van der Waals surface area contributed by atoms with Gasteiger partial charge in [0.2, 0.25) is 0 Å². The Morgan fingerprint density at radius 2 is 2.25 bits per heavy atom. The molecule has 0 saturated carbocycles. The Morgan fingerprint density at radius 1 is 1.62 bits per heavy atom. The van der Waals surface area contributed by atoms with Gasteiger partial charge in [-0.05, 0) is 20.1 Å². The van der Waals surface area contributed by atoms with Crippen LogP contribution >= 0.6 is 11.8 Å². The first-order valence-electron chi connectivity index (χ1n) is 2.37. The van der Waals surface area contributed by atoms with Crippen LogP contribution in [0.25, 0.3) is 0 Å². The van der Waals surface area contributed by atoms with E-state index in [1.54, 1.807) is 18.0 Å². The van der Waals surface area contributed by atoms with E-state index >= 15 is 0 Å². The van der Waals surface area contributed by atoms with E-state index in [0.717, 1.165) is 5.04 Å². The van der Waals surface area contributed by atoms with E-state index in [1.165, 1.54) is 0 Å².